The van der Waals surface area contributed by atoms with Gasteiger partial charge < -0.3 is 10.8 Å². The van der Waals surface area contributed by atoms with E-state index in [-0.39, 0.29) is 26.4 Å². The van der Waals surface area contributed by atoms with Crippen LogP contribution in [-0.4, -0.2) is 25.6 Å². The van der Waals surface area contributed by atoms with Gasteiger partial charge in [0, 0.05) is 6.04 Å². The van der Waals surface area contributed by atoms with Crippen molar-refractivity contribution in [3.8, 4) is 5.75 Å². The third kappa shape index (κ3) is 4.41. The molecular formula is C16H16Cl3N3O4S. The molecule has 0 radical (unpaired) electrons. The summed E-state index contributed by atoms with van der Waals surface area (Å²) in [5.41, 5.74) is 5.28. The molecule has 7 nitrogen and oxygen atoms in total. The first-order valence-electron chi connectivity index (χ1n) is 7.54. The number of carbonyl (C=O) groups is 1. The maximum absolute atomic E-state index is 12.5. The van der Waals surface area contributed by atoms with Gasteiger partial charge in [-0.3, -0.25) is 4.90 Å². The highest BCUT2D eigenvalue weighted by Crippen LogP contribution is 2.44. The lowest BCUT2D eigenvalue weighted by Gasteiger charge is -2.24. The lowest BCUT2D eigenvalue weighted by molar-refractivity contribution is 0.256. The minimum atomic E-state index is -4.17. The fraction of sp³-hybridized carbons (Fsp3) is 0.188. The quantitative estimate of drug-likeness (QED) is 0.629. The topological polar surface area (TPSA) is 113 Å². The molecular weight excluding hydrogens is 437 g/mol. The highest BCUT2D eigenvalue weighted by molar-refractivity contribution is 7.89. The largest absolute Gasteiger partial charge is 0.504 e. The number of anilines is 2. The highest BCUT2D eigenvalue weighted by atomic mass is 35.5. The fourth-order valence-electron chi connectivity index (χ4n) is 2.37. The van der Waals surface area contributed by atoms with Gasteiger partial charge in [0.1, 0.15) is 4.90 Å². The Hall–Kier alpha value is -1.71. The van der Waals surface area contributed by atoms with Crippen molar-refractivity contribution in [1.29, 1.82) is 0 Å². The number of benzene rings is 2. The molecule has 0 aromatic heterocycles. The maximum atomic E-state index is 12.5. The number of urea groups is 1. The number of nitrogens with one attached hydrogen (secondary N) is 1. The molecule has 0 aliphatic carbocycles. The number of halogens is 3. The van der Waals surface area contributed by atoms with E-state index >= 15 is 0 Å². The van der Waals surface area contributed by atoms with Crippen molar-refractivity contribution in [2.45, 2.75) is 24.8 Å². The molecule has 2 aromatic carbocycles. The summed E-state index contributed by atoms with van der Waals surface area (Å²) in [6.45, 7) is 3.21. The molecule has 4 N–H and O–H groups in total. The number of nitrogens with zero attached hydrogens (tertiary/aromatic N) is 1. The second-order valence-electron chi connectivity index (χ2n) is 5.77. The molecule has 0 atom stereocenters. The van der Waals surface area contributed by atoms with Crippen LogP contribution in [0.1, 0.15) is 13.8 Å². The Morgan fingerprint density at radius 3 is 2.30 bits per heavy atom. The number of primary amides is 1. The molecule has 2 rings (SSSR count). The average molecular weight is 453 g/mol. The molecule has 11 heteroatoms. The molecule has 0 unspecified atom stereocenters. The first-order chi connectivity index (χ1) is 12.5. The normalized spacial score (nSPS) is 11.6. The first kappa shape index (κ1) is 21.6. The van der Waals surface area contributed by atoms with Crippen LogP contribution in [0.4, 0.5) is 16.2 Å². The summed E-state index contributed by atoms with van der Waals surface area (Å²) in [5.74, 6) is -0.759. The number of phenolic OH excluding ortho intramolecular Hbond substituents is 1. The summed E-state index contributed by atoms with van der Waals surface area (Å²) in [6.07, 6.45) is 0. The summed E-state index contributed by atoms with van der Waals surface area (Å²) >= 11 is 18.1. The Labute approximate surface area is 171 Å². The molecule has 27 heavy (non-hydrogen) atoms. The van der Waals surface area contributed by atoms with E-state index in [1.165, 1.54) is 30.3 Å². The van der Waals surface area contributed by atoms with Crippen LogP contribution < -0.4 is 15.4 Å². The van der Waals surface area contributed by atoms with Crippen LogP contribution in [0.2, 0.25) is 15.1 Å². The summed E-state index contributed by atoms with van der Waals surface area (Å²) in [7, 11) is -4.17. The van der Waals surface area contributed by atoms with Gasteiger partial charge in [0.05, 0.1) is 26.4 Å². The van der Waals surface area contributed by atoms with Gasteiger partial charge >= 0.3 is 6.03 Å². The number of aromatic hydroxyl groups is 1. The second-order valence-corrected chi connectivity index (χ2v) is 8.61. The van der Waals surface area contributed by atoms with Crippen LogP contribution in [-0.2, 0) is 10.0 Å². The molecule has 0 fully saturated rings. The van der Waals surface area contributed by atoms with Crippen LogP contribution in [0, 0.1) is 0 Å². The van der Waals surface area contributed by atoms with Gasteiger partial charge in [0.25, 0.3) is 0 Å². The third-order valence-electron chi connectivity index (χ3n) is 3.36. The van der Waals surface area contributed by atoms with E-state index in [4.69, 9.17) is 40.5 Å². The molecule has 0 aliphatic heterocycles. The van der Waals surface area contributed by atoms with Crippen molar-refractivity contribution < 1.29 is 18.3 Å². The zero-order valence-electron chi connectivity index (χ0n) is 14.2. The Kier molecular flexibility index (Phi) is 6.49. The van der Waals surface area contributed by atoms with E-state index in [1.807, 2.05) is 0 Å². The van der Waals surface area contributed by atoms with E-state index in [0.29, 0.717) is 0 Å². The number of sulfonamides is 1. The van der Waals surface area contributed by atoms with Crippen LogP contribution in [0.15, 0.2) is 35.2 Å². The Bertz CT molecular complexity index is 997. The van der Waals surface area contributed by atoms with Gasteiger partial charge in [-0.05, 0) is 38.1 Å². The van der Waals surface area contributed by atoms with Crippen LogP contribution in [0.5, 0.6) is 5.75 Å². The van der Waals surface area contributed by atoms with Gasteiger partial charge in [0.15, 0.2) is 5.75 Å². The standard InChI is InChI=1S/C16H16Cl3N3O4S/c1-8(2)21-27(25,26)15-10(18)6-7-12(14(15)23)22(16(20)24)11-5-3-4-9(17)13(11)19/h3-8,21,23H,1-2H3,(H2,20,24). The second kappa shape index (κ2) is 8.12. The van der Waals surface area contributed by atoms with E-state index in [0.717, 1.165) is 4.90 Å². The molecule has 2 amide bonds. The van der Waals surface area contributed by atoms with Crippen molar-refractivity contribution >= 4 is 62.2 Å². The number of amides is 2. The van der Waals surface area contributed by atoms with E-state index in [2.05, 4.69) is 4.72 Å². The lowest BCUT2D eigenvalue weighted by atomic mass is 10.2. The van der Waals surface area contributed by atoms with E-state index in [9.17, 15) is 18.3 Å². The molecule has 0 spiro atoms. The summed E-state index contributed by atoms with van der Waals surface area (Å²) in [4.78, 5) is 12.3. The molecule has 0 heterocycles. The zero-order valence-corrected chi connectivity index (χ0v) is 17.3. The SMILES string of the molecule is CC(C)NS(=O)(=O)c1c(Cl)ccc(N(C(N)=O)c2cccc(Cl)c2Cl)c1O. The van der Waals surface area contributed by atoms with E-state index < -0.39 is 32.7 Å². The van der Waals surface area contributed by atoms with Crippen molar-refractivity contribution in [1.82, 2.24) is 4.72 Å². The predicted molar refractivity (Wildman–Crippen MR) is 107 cm³/mol. The van der Waals surface area contributed by atoms with Gasteiger partial charge in [-0.25, -0.2) is 17.9 Å². The predicted octanol–water partition coefficient (Wildman–Crippen LogP) is 4.26. The molecule has 146 valence electrons. The minimum absolute atomic E-state index is 0.00275. The number of carbonyl (C=O) groups excluding carboxylic acids is 1. The Morgan fingerprint density at radius 2 is 1.74 bits per heavy atom. The van der Waals surface area contributed by atoms with Crippen molar-refractivity contribution in [3.63, 3.8) is 0 Å². The Balaban J connectivity index is 2.75. The average Bonchev–Trinajstić information content (AvgIpc) is 2.52. The molecule has 0 bridgehead atoms. The number of hydrogen-bond donors (Lipinski definition) is 3. The lowest BCUT2D eigenvalue weighted by Crippen LogP contribution is -2.33. The third-order valence-corrected chi connectivity index (χ3v) is 6.32. The zero-order chi connectivity index (χ0) is 20.5. The highest BCUT2D eigenvalue weighted by Gasteiger charge is 2.30. The number of phenols is 1. The van der Waals surface area contributed by atoms with Crippen LogP contribution in [0.3, 0.4) is 0 Å². The smallest absolute Gasteiger partial charge is 0.324 e. The summed E-state index contributed by atoms with van der Waals surface area (Å²) < 4.78 is 27.4. The van der Waals surface area contributed by atoms with Gasteiger partial charge in [-0.2, -0.15) is 0 Å². The van der Waals surface area contributed by atoms with Crippen LogP contribution in [0.25, 0.3) is 0 Å². The molecule has 0 saturated carbocycles. The van der Waals surface area contributed by atoms with Crippen LogP contribution >= 0.6 is 34.8 Å². The minimum Gasteiger partial charge on any atom is -0.504 e. The van der Waals surface area contributed by atoms with E-state index in [1.54, 1.807) is 13.8 Å². The molecule has 2 aromatic rings. The molecule has 0 saturated heterocycles. The van der Waals surface area contributed by atoms with Gasteiger partial charge in [-0.15, -0.1) is 0 Å². The van der Waals surface area contributed by atoms with Gasteiger partial charge in [0.2, 0.25) is 10.0 Å². The van der Waals surface area contributed by atoms with Crippen molar-refractivity contribution in [2.75, 3.05) is 4.90 Å². The number of rotatable bonds is 5. The maximum Gasteiger partial charge on any atom is 0.324 e. The monoisotopic (exact) mass is 451 g/mol. The van der Waals surface area contributed by atoms with Crippen molar-refractivity contribution in [2.24, 2.45) is 5.73 Å². The summed E-state index contributed by atoms with van der Waals surface area (Å²) in [6, 6.07) is 5.45. The van der Waals surface area contributed by atoms with Crippen molar-refractivity contribution in [3.05, 3.63) is 45.4 Å². The number of nitrogens with two attached hydrogens (primary N) is 1. The molecule has 0 aliphatic rings. The fourth-order valence-corrected chi connectivity index (χ4v) is 4.63. The van der Waals surface area contributed by atoms with Gasteiger partial charge in [-0.1, -0.05) is 40.9 Å². The Morgan fingerprint density at radius 1 is 1.11 bits per heavy atom. The summed E-state index contributed by atoms with van der Waals surface area (Å²) in [5, 5.41) is 10.5. The number of hydrogen-bond acceptors (Lipinski definition) is 4. The first-order valence-corrected chi connectivity index (χ1v) is 10.2.